The Labute approximate surface area is 130 Å². The molecular formula is C17H34N2O2. The van der Waals surface area contributed by atoms with Crippen molar-refractivity contribution < 1.29 is 9.47 Å². The van der Waals surface area contributed by atoms with Crippen LogP contribution in [0.3, 0.4) is 0 Å². The Morgan fingerprint density at radius 3 is 2.29 bits per heavy atom. The van der Waals surface area contributed by atoms with Gasteiger partial charge in [0.05, 0.1) is 17.8 Å². The molecule has 1 atom stereocenters. The van der Waals surface area contributed by atoms with Crippen LogP contribution in [0.4, 0.5) is 0 Å². The molecule has 2 saturated heterocycles. The van der Waals surface area contributed by atoms with Crippen LogP contribution in [0.2, 0.25) is 0 Å². The van der Waals surface area contributed by atoms with Crippen molar-refractivity contribution in [2.75, 3.05) is 45.9 Å². The van der Waals surface area contributed by atoms with Crippen LogP contribution in [-0.2, 0) is 9.47 Å². The van der Waals surface area contributed by atoms with Gasteiger partial charge in [-0.1, -0.05) is 6.92 Å². The Kier molecular flexibility index (Phi) is 5.35. The third-order valence-electron chi connectivity index (χ3n) is 4.43. The third-order valence-corrected chi connectivity index (χ3v) is 4.43. The monoisotopic (exact) mass is 298 g/mol. The van der Waals surface area contributed by atoms with Crippen LogP contribution in [0.15, 0.2) is 0 Å². The smallest absolute Gasteiger partial charge is 0.0760 e. The van der Waals surface area contributed by atoms with Gasteiger partial charge in [0.25, 0.3) is 0 Å². The van der Waals surface area contributed by atoms with E-state index in [0.29, 0.717) is 0 Å². The van der Waals surface area contributed by atoms with E-state index in [1.165, 1.54) is 12.8 Å². The Bertz CT molecular complexity index is 320. The molecule has 0 amide bonds. The summed E-state index contributed by atoms with van der Waals surface area (Å²) in [5.41, 5.74) is 0.136. The zero-order valence-corrected chi connectivity index (χ0v) is 14.6. The SMILES string of the molecule is CCCNCC1(CN2CC(C)(C)OC(C)(C)C2)CCOC1. The molecule has 21 heavy (non-hydrogen) atoms. The molecule has 124 valence electrons. The number of hydrogen-bond donors (Lipinski definition) is 1. The fourth-order valence-corrected chi connectivity index (χ4v) is 4.03. The van der Waals surface area contributed by atoms with Crippen molar-refractivity contribution in [2.45, 2.75) is 58.7 Å². The molecule has 1 N–H and O–H groups in total. The molecule has 0 bridgehead atoms. The molecule has 2 aliphatic rings. The molecule has 2 heterocycles. The number of nitrogens with one attached hydrogen (secondary N) is 1. The molecule has 0 radical (unpaired) electrons. The van der Waals surface area contributed by atoms with E-state index in [4.69, 9.17) is 9.47 Å². The first-order valence-electron chi connectivity index (χ1n) is 8.47. The second kappa shape index (κ2) is 6.53. The lowest BCUT2D eigenvalue weighted by Crippen LogP contribution is -2.59. The largest absolute Gasteiger partial charge is 0.381 e. The van der Waals surface area contributed by atoms with Crippen LogP contribution in [-0.4, -0.2) is 62.0 Å². The maximum absolute atomic E-state index is 6.20. The molecule has 0 aromatic rings. The average Bonchev–Trinajstić information content (AvgIpc) is 2.73. The first-order chi connectivity index (χ1) is 9.76. The van der Waals surface area contributed by atoms with Gasteiger partial charge in [0, 0.05) is 38.2 Å². The number of hydrogen-bond acceptors (Lipinski definition) is 4. The molecule has 0 spiro atoms. The fraction of sp³-hybridized carbons (Fsp3) is 1.00. The minimum Gasteiger partial charge on any atom is -0.381 e. The Morgan fingerprint density at radius 1 is 1.10 bits per heavy atom. The van der Waals surface area contributed by atoms with Gasteiger partial charge in [0.15, 0.2) is 0 Å². The lowest BCUT2D eigenvalue weighted by molar-refractivity contribution is -0.184. The van der Waals surface area contributed by atoms with Crippen LogP contribution >= 0.6 is 0 Å². The van der Waals surface area contributed by atoms with Crippen LogP contribution in [0.25, 0.3) is 0 Å². The maximum atomic E-state index is 6.20. The van der Waals surface area contributed by atoms with Gasteiger partial charge in [-0.05, 0) is 47.1 Å². The molecule has 2 fully saturated rings. The maximum Gasteiger partial charge on any atom is 0.0760 e. The second-order valence-electron chi connectivity index (χ2n) is 8.25. The second-order valence-corrected chi connectivity index (χ2v) is 8.25. The highest BCUT2D eigenvalue weighted by molar-refractivity contribution is 4.94. The van der Waals surface area contributed by atoms with Gasteiger partial charge in [0.2, 0.25) is 0 Å². The summed E-state index contributed by atoms with van der Waals surface area (Å²) in [5.74, 6) is 0. The van der Waals surface area contributed by atoms with Crippen molar-refractivity contribution >= 4 is 0 Å². The lowest BCUT2D eigenvalue weighted by Gasteiger charge is -2.49. The number of ether oxygens (including phenoxy) is 2. The van der Waals surface area contributed by atoms with E-state index in [9.17, 15) is 0 Å². The fourth-order valence-electron chi connectivity index (χ4n) is 4.03. The minimum absolute atomic E-state index is 0.0702. The van der Waals surface area contributed by atoms with Crippen molar-refractivity contribution in [1.82, 2.24) is 10.2 Å². The summed E-state index contributed by atoms with van der Waals surface area (Å²) in [6.07, 6.45) is 2.36. The third kappa shape index (κ3) is 4.92. The highest BCUT2D eigenvalue weighted by Crippen LogP contribution is 2.34. The normalized spacial score (nSPS) is 32.4. The molecule has 0 aliphatic carbocycles. The molecule has 0 saturated carbocycles. The van der Waals surface area contributed by atoms with Crippen molar-refractivity contribution in [1.29, 1.82) is 0 Å². The first kappa shape index (κ1) is 17.2. The van der Waals surface area contributed by atoms with Crippen molar-refractivity contribution in [3.8, 4) is 0 Å². The zero-order chi connectivity index (χ0) is 15.6. The molecule has 0 aromatic carbocycles. The van der Waals surface area contributed by atoms with Gasteiger partial charge in [-0.2, -0.15) is 0 Å². The Balaban J connectivity index is 1.99. The summed E-state index contributed by atoms with van der Waals surface area (Å²) in [6, 6.07) is 0. The highest BCUT2D eigenvalue weighted by Gasteiger charge is 2.43. The molecule has 4 heteroatoms. The van der Waals surface area contributed by atoms with E-state index in [1.807, 2.05) is 0 Å². The Morgan fingerprint density at radius 2 is 1.76 bits per heavy atom. The van der Waals surface area contributed by atoms with Crippen molar-refractivity contribution in [3.05, 3.63) is 0 Å². The summed E-state index contributed by atoms with van der Waals surface area (Å²) >= 11 is 0. The number of nitrogens with zero attached hydrogens (tertiary/aromatic N) is 1. The van der Waals surface area contributed by atoms with E-state index >= 15 is 0 Å². The average molecular weight is 298 g/mol. The summed E-state index contributed by atoms with van der Waals surface area (Å²) in [5, 5.41) is 3.61. The molecule has 2 aliphatic heterocycles. The van der Waals surface area contributed by atoms with Crippen LogP contribution < -0.4 is 5.32 Å². The van der Waals surface area contributed by atoms with E-state index in [2.05, 4.69) is 44.8 Å². The zero-order valence-electron chi connectivity index (χ0n) is 14.6. The van der Waals surface area contributed by atoms with Gasteiger partial charge < -0.3 is 14.8 Å². The summed E-state index contributed by atoms with van der Waals surface area (Å²) < 4.78 is 11.9. The summed E-state index contributed by atoms with van der Waals surface area (Å²) in [6.45, 7) is 18.1. The predicted octanol–water partition coefficient (Wildman–Crippen LogP) is 2.28. The standard InChI is InChI=1S/C17H34N2O2/c1-6-8-18-10-17(7-9-20-14-17)13-19-11-15(2,3)21-16(4,5)12-19/h18H,6-14H2,1-5H3. The number of rotatable bonds is 6. The van der Waals surface area contributed by atoms with Crippen LogP contribution in [0, 0.1) is 5.41 Å². The summed E-state index contributed by atoms with van der Waals surface area (Å²) in [7, 11) is 0. The van der Waals surface area contributed by atoms with Gasteiger partial charge in [0.1, 0.15) is 0 Å². The molecule has 2 rings (SSSR count). The van der Waals surface area contributed by atoms with Gasteiger partial charge in [-0.25, -0.2) is 0 Å². The topological polar surface area (TPSA) is 33.7 Å². The van der Waals surface area contributed by atoms with Crippen molar-refractivity contribution in [2.24, 2.45) is 5.41 Å². The molecular weight excluding hydrogens is 264 g/mol. The minimum atomic E-state index is -0.0702. The Hall–Kier alpha value is -0.160. The van der Waals surface area contributed by atoms with Gasteiger partial charge >= 0.3 is 0 Å². The lowest BCUT2D eigenvalue weighted by atomic mass is 9.85. The van der Waals surface area contributed by atoms with Crippen LogP contribution in [0.1, 0.15) is 47.5 Å². The highest BCUT2D eigenvalue weighted by atomic mass is 16.5. The van der Waals surface area contributed by atoms with Gasteiger partial charge in [-0.15, -0.1) is 0 Å². The van der Waals surface area contributed by atoms with Crippen LogP contribution in [0.5, 0.6) is 0 Å². The molecule has 0 aromatic heterocycles. The molecule has 1 unspecified atom stereocenters. The summed E-state index contributed by atoms with van der Waals surface area (Å²) in [4.78, 5) is 2.59. The van der Waals surface area contributed by atoms with E-state index in [1.54, 1.807) is 0 Å². The predicted molar refractivity (Wildman–Crippen MR) is 86.7 cm³/mol. The van der Waals surface area contributed by atoms with Crippen molar-refractivity contribution in [3.63, 3.8) is 0 Å². The van der Waals surface area contributed by atoms with Gasteiger partial charge in [-0.3, -0.25) is 4.90 Å². The molecule has 4 nitrogen and oxygen atoms in total. The van der Waals surface area contributed by atoms with E-state index in [0.717, 1.165) is 45.9 Å². The van der Waals surface area contributed by atoms with E-state index < -0.39 is 0 Å². The first-order valence-corrected chi connectivity index (χ1v) is 8.47. The van der Waals surface area contributed by atoms with E-state index in [-0.39, 0.29) is 16.6 Å². The number of morpholine rings is 1. The quantitative estimate of drug-likeness (QED) is 0.763.